The normalized spacial score (nSPS) is 11.8. The second-order valence-corrected chi connectivity index (χ2v) is 6.04. The number of rotatable bonds is 4. The van der Waals surface area contributed by atoms with E-state index in [1.54, 1.807) is 14.2 Å². The van der Waals surface area contributed by atoms with Crippen LogP contribution in [0.4, 0.5) is 11.4 Å². The van der Waals surface area contributed by atoms with Crippen molar-refractivity contribution >= 4 is 44.6 Å². The fourth-order valence-electron chi connectivity index (χ4n) is 2.21. The van der Waals surface area contributed by atoms with Gasteiger partial charge in [-0.3, -0.25) is 0 Å². The van der Waals surface area contributed by atoms with Gasteiger partial charge in [0.15, 0.2) is 16.6 Å². The van der Waals surface area contributed by atoms with Crippen LogP contribution in [0, 0.1) is 0 Å². The lowest BCUT2D eigenvalue weighted by molar-refractivity contribution is 0.174. The summed E-state index contributed by atoms with van der Waals surface area (Å²) in [7, 11) is 3.18. The first-order chi connectivity index (χ1) is 11.6. The van der Waals surface area contributed by atoms with Gasteiger partial charge in [0, 0.05) is 29.6 Å². The maximum absolute atomic E-state index is 5.35. The molecule has 0 saturated heterocycles. The summed E-state index contributed by atoms with van der Waals surface area (Å²) in [6.45, 7) is 0.236. The topological polar surface area (TPSA) is 61.0 Å². The average molecular weight is 411 g/mol. The van der Waals surface area contributed by atoms with E-state index in [2.05, 4.69) is 26.6 Å². The molecule has 2 aromatic rings. The van der Waals surface area contributed by atoms with E-state index in [4.69, 9.17) is 31.2 Å². The van der Waals surface area contributed by atoms with E-state index in [-0.39, 0.29) is 6.79 Å². The maximum Gasteiger partial charge on any atom is 0.231 e. The highest BCUT2D eigenvalue weighted by Gasteiger charge is 2.14. The maximum atomic E-state index is 5.35. The van der Waals surface area contributed by atoms with E-state index in [1.165, 1.54) is 0 Å². The molecule has 0 radical (unpaired) electrons. The van der Waals surface area contributed by atoms with Crippen LogP contribution in [-0.2, 0) is 0 Å². The molecule has 0 saturated carbocycles. The summed E-state index contributed by atoms with van der Waals surface area (Å²) >= 11 is 8.78. The number of methoxy groups -OCH3 is 2. The van der Waals surface area contributed by atoms with Crippen LogP contribution < -0.4 is 29.6 Å². The Morgan fingerprint density at radius 2 is 1.62 bits per heavy atom. The molecule has 6 nitrogen and oxygen atoms in total. The van der Waals surface area contributed by atoms with Crippen molar-refractivity contribution in [2.75, 3.05) is 31.6 Å². The molecular weight excluding hydrogens is 396 g/mol. The number of anilines is 2. The summed E-state index contributed by atoms with van der Waals surface area (Å²) < 4.78 is 22.0. The van der Waals surface area contributed by atoms with E-state index in [9.17, 15) is 0 Å². The molecule has 0 unspecified atom stereocenters. The largest absolute Gasteiger partial charge is 0.495 e. The number of fused-ring (bicyclic) bond motifs is 1. The number of ether oxygens (including phenoxy) is 4. The molecular formula is C16H15BrN2O4S. The minimum atomic E-state index is 0.236. The van der Waals surface area contributed by atoms with Crippen LogP contribution in [0.2, 0.25) is 0 Å². The van der Waals surface area contributed by atoms with E-state index in [1.807, 2.05) is 30.3 Å². The van der Waals surface area contributed by atoms with Gasteiger partial charge >= 0.3 is 0 Å². The van der Waals surface area contributed by atoms with Crippen LogP contribution in [0.5, 0.6) is 23.0 Å². The summed E-state index contributed by atoms with van der Waals surface area (Å²) in [4.78, 5) is 0. The fraction of sp³-hybridized carbons (Fsp3) is 0.188. The molecule has 0 fully saturated rings. The van der Waals surface area contributed by atoms with Crippen LogP contribution in [0.15, 0.2) is 34.8 Å². The highest BCUT2D eigenvalue weighted by molar-refractivity contribution is 9.10. The van der Waals surface area contributed by atoms with Crippen molar-refractivity contribution < 1.29 is 18.9 Å². The van der Waals surface area contributed by atoms with Crippen molar-refractivity contribution in [3.8, 4) is 23.0 Å². The third-order valence-electron chi connectivity index (χ3n) is 3.33. The first-order valence-electron chi connectivity index (χ1n) is 7.00. The van der Waals surface area contributed by atoms with Gasteiger partial charge in [0.25, 0.3) is 0 Å². The number of nitrogens with one attached hydrogen (secondary N) is 2. The van der Waals surface area contributed by atoms with E-state index >= 15 is 0 Å². The third-order valence-corrected chi connectivity index (χ3v) is 4.32. The number of hydrogen-bond donors (Lipinski definition) is 2. The van der Waals surface area contributed by atoms with Gasteiger partial charge in [-0.2, -0.15) is 0 Å². The van der Waals surface area contributed by atoms with Gasteiger partial charge in [-0.1, -0.05) is 0 Å². The van der Waals surface area contributed by atoms with Gasteiger partial charge in [0.1, 0.15) is 16.0 Å². The van der Waals surface area contributed by atoms with Gasteiger partial charge in [0.05, 0.1) is 14.2 Å². The van der Waals surface area contributed by atoms with Crippen molar-refractivity contribution in [2.45, 2.75) is 0 Å². The zero-order chi connectivity index (χ0) is 17.1. The molecule has 0 atom stereocenters. The molecule has 3 rings (SSSR count). The van der Waals surface area contributed by atoms with Gasteiger partial charge in [-0.05, 0) is 40.3 Å². The van der Waals surface area contributed by atoms with Gasteiger partial charge in [-0.15, -0.1) is 0 Å². The Morgan fingerprint density at radius 3 is 2.29 bits per heavy atom. The number of benzene rings is 2. The van der Waals surface area contributed by atoms with E-state index < -0.39 is 0 Å². The predicted octanol–water partition coefficient (Wildman–Crippen LogP) is 4.00. The lowest BCUT2D eigenvalue weighted by atomic mass is 10.2. The zero-order valence-corrected chi connectivity index (χ0v) is 15.4. The number of hydrogen-bond acceptors (Lipinski definition) is 5. The minimum Gasteiger partial charge on any atom is -0.495 e. The smallest absolute Gasteiger partial charge is 0.231 e. The van der Waals surface area contributed by atoms with Gasteiger partial charge in [0.2, 0.25) is 6.79 Å². The molecule has 0 bridgehead atoms. The summed E-state index contributed by atoms with van der Waals surface area (Å²) in [6, 6.07) is 9.17. The Hall–Kier alpha value is -2.19. The van der Waals surface area contributed by atoms with Crippen molar-refractivity contribution in [3.05, 3.63) is 34.8 Å². The molecule has 8 heteroatoms. The Morgan fingerprint density at radius 1 is 1.00 bits per heavy atom. The monoisotopic (exact) mass is 410 g/mol. The lowest BCUT2D eigenvalue weighted by Crippen LogP contribution is -2.19. The Balaban J connectivity index is 1.73. The Bertz CT molecular complexity index is 760. The fourth-order valence-corrected chi connectivity index (χ4v) is 3.00. The lowest BCUT2D eigenvalue weighted by Gasteiger charge is -2.14. The molecule has 2 aromatic carbocycles. The molecule has 24 heavy (non-hydrogen) atoms. The zero-order valence-electron chi connectivity index (χ0n) is 13.0. The number of halogens is 1. The van der Waals surface area contributed by atoms with Crippen molar-refractivity contribution in [1.29, 1.82) is 0 Å². The van der Waals surface area contributed by atoms with Gasteiger partial charge in [-0.25, -0.2) is 0 Å². The molecule has 1 aliphatic rings. The first kappa shape index (κ1) is 16.7. The van der Waals surface area contributed by atoms with Gasteiger partial charge < -0.3 is 29.6 Å². The second-order valence-electron chi connectivity index (χ2n) is 4.84. The molecule has 126 valence electrons. The van der Waals surface area contributed by atoms with Crippen LogP contribution in [0.25, 0.3) is 0 Å². The number of thiocarbonyl (C=S) groups is 1. The SMILES string of the molecule is COc1cc(NC(=S)Nc2ccc3c(c2)OCO3)cc(OC)c1Br. The van der Waals surface area contributed by atoms with Crippen molar-refractivity contribution in [1.82, 2.24) is 0 Å². The van der Waals surface area contributed by atoms with Crippen LogP contribution in [0.3, 0.4) is 0 Å². The predicted molar refractivity (Wildman–Crippen MR) is 99.7 cm³/mol. The standard InChI is InChI=1S/C16H15BrN2O4S/c1-20-13-6-10(7-14(21-2)15(13)17)19-16(24)18-9-3-4-11-12(5-9)23-8-22-11/h3-7H,8H2,1-2H3,(H2,18,19,24). The second kappa shape index (κ2) is 7.14. The average Bonchev–Trinajstić information content (AvgIpc) is 3.03. The highest BCUT2D eigenvalue weighted by atomic mass is 79.9. The molecule has 0 spiro atoms. The van der Waals surface area contributed by atoms with Crippen molar-refractivity contribution in [2.24, 2.45) is 0 Å². The third kappa shape index (κ3) is 3.49. The molecule has 0 aliphatic carbocycles. The first-order valence-corrected chi connectivity index (χ1v) is 8.20. The summed E-state index contributed by atoms with van der Waals surface area (Å²) in [5, 5.41) is 6.63. The van der Waals surface area contributed by atoms with Crippen LogP contribution >= 0.6 is 28.1 Å². The van der Waals surface area contributed by atoms with Crippen LogP contribution in [-0.4, -0.2) is 26.1 Å². The minimum absolute atomic E-state index is 0.236. The molecule has 1 aliphatic heterocycles. The molecule has 1 heterocycles. The highest BCUT2D eigenvalue weighted by Crippen LogP contribution is 2.37. The Labute approximate surface area is 153 Å². The van der Waals surface area contributed by atoms with Crippen LogP contribution in [0.1, 0.15) is 0 Å². The molecule has 0 aromatic heterocycles. The van der Waals surface area contributed by atoms with E-state index in [0.29, 0.717) is 22.4 Å². The van der Waals surface area contributed by atoms with E-state index in [0.717, 1.165) is 21.6 Å². The summed E-state index contributed by atoms with van der Waals surface area (Å²) in [6.07, 6.45) is 0. The van der Waals surface area contributed by atoms with Crippen molar-refractivity contribution in [3.63, 3.8) is 0 Å². The quantitative estimate of drug-likeness (QED) is 0.738. The molecule has 0 amide bonds. The Kier molecular flexibility index (Phi) is 4.96. The summed E-state index contributed by atoms with van der Waals surface area (Å²) in [5.41, 5.74) is 1.54. The summed E-state index contributed by atoms with van der Waals surface area (Å²) in [5.74, 6) is 2.70. The molecule has 2 N–H and O–H groups in total.